The van der Waals surface area contributed by atoms with E-state index in [1.54, 1.807) is 19.1 Å². The zero-order valence-corrected chi connectivity index (χ0v) is 11.3. The molecule has 0 aliphatic carbocycles. The molecule has 0 saturated carbocycles. The number of nitrogens with one attached hydrogen (secondary N) is 1. The average Bonchev–Trinajstić information content (AvgIpc) is 2.39. The summed E-state index contributed by atoms with van der Waals surface area (Å²) < 4.78 is 0. The van der Waals surface area contributed by atoms with Crippen LogP contribution in [0.25, 0.3) is 0 Å². The molecule has 3 amide bonds. The van der Waals surface area contributed by atoms with E-state index in [-0.39, 0.29) is 0 Å². The largest absolute Gasteiger partial charge is 0.480 e. The van der Waals surface area contributed by atoms with Crippen LogP contribution in [0.15, 0.2) is 18.2 Å². The van der Waals surface area contributed by atoms with Crippen LogP contribution in [0.5, 0.6) is 0 Å². The van der Waals surface area contributed by atoms with E-state index in [0.29, 0.717) is 16.8 Å². The van der Waals surface area contributed by atoms with Gasteiger partial charge in [0.2, 0.25) is 5.91 Å². The summed E-state index contributed by atoms with van der Waals surface area (Å²) in [5, 5.41) is 20.0. The molecular weight excluding hydrogens is 276 g/mol. The van der Waals surface area contributed by atoms with Crippen LogP contribution >= 0.6 is 0 Å². The first-order valence-electron chi connectivity index (χ1n) is 5.90. The summed E-state index contributed by atoms with van der Waals surface area (Å²) >= 11 is 0. The molecule has 8 nitrogen and oxygen atoms in total. The summed E-state index contributed by atoms with van der Waals surface area (Å²) in [4.78, 5) is 34.3. The standard InChI is InChI=1S/C13H14N4O4/c1-8-2-3-9(5-14)4-10(8)16-13(21)17(6-11(15)18)7-12(19)20/h2-4H,6-7H2,1H3,(H2,15,18)(H,16,21)(H,19,20). The average molecular weight is 290 g/mol. The lowest BCUT2D eigenvalue weighted by atomic mass is 10.1. The van der Waals surface area contributed by atoms with Crippen LogP contribution < -0.4 is 11.1 Å². The van der Waals surface area contributed by atoms with E-state index in [9.17, 15) is 14.4 Å². The number of carboxylic acid groups (broad SMARTS) is 1. The topological polar surface area (TPSA) is 137 Å². The van der Waals surface area contributed by atoms with Crippen LogP contribution in [0.4, 0.5) is 10.5 Å². The minimum Gasteiger partial charge on any atom is -0.480 e. The molecule has 21 heavy (non-hydrogen) atoms. The van der Waals surface area contributed by atoms with Crippen molar-refractivity contribution in [1.82, 2.24) is 4.90 Å². The molecule has 0 aliphatic rings. The van der Waals surface area contributed by atoms with Crippen molar-refractivity contribution in [3.63, 3.8) is 0 Å². The van der Waals surface area contributed by atoms with Crippen LogP contribution in [-0.4, -0.2) is 41.0 Å². The Morgan fingerprint density at radius 2 is 2.05 bits per heavy atom. The zero-order valence-electron chi connectivity index (χ0n) is 11.3. The molecule has 0 radical (unpaired) electrons. The fourth-order valence-corrected chi connectivity index (χ4v) is 1.57. The minimum atomic E-state index is -1.27. The fraction of sp³-hybridized carbons (Fsp3) is 0.231. The smallest absolute Gasteiger partial charge is 0.323 e. The van der Waals surface area contributed by atoms with Crippen molar-refractivity contribution in [3.8, 4) is 6.07 Å². The van der Waals surface area contributed by atoms with Gasteiger partial charge in [0.05, 0.1) is 11.6 Å². The number of hydrogen-bond acceptors (Lipinski definition) is 4. The number of nitrogens with two attached hydrogens (primary N) is 1. The van der Waals surface area contributed by atoms with E-state index in [4.69, 9.17) is 16.1 Å². The Kier molecular flexibility index (Phi) is 5.25. The Labute approximate surface area is 120 Å². The SMILES string of the molecule is Cc1ccc(C#N)cc1NC(=O)N(CC(N)=O)CC(=O)O. The molecule has 1 aromatic rings. The number of carboxylic acids is 1. The molecule has 0 atom stereocenters. The monoisotopic (exact) mass is 290 g/mol. The molecule has 0 aromatic heterocycles. The van der Waals surface area contributed by atoms with E-state index in [0.717, 1.165) is 4.90 Å². The molecule has 0 saturated heterocycles. The molecule has 0 spiro atoms. The fourth-order valence-electron chi connectivity index (χ4n) is 1.57. The van der Waals surface area contributed by atoms with Crippen molar-refractivity contribution < 1.29 is 19.5 Å². The second-order valence-electron chi connectivity index (χ2n) is 4.29. The first-order valence-corrected chi connectivity index (χ1v) is 5.90. The first kappa shape index (κ1) is 16.0. The molecule has 110 valence electrons. The quantitative estimate of drug-likeness (QED) is 0.714. The maximum Gasteiger partial charge on any atom is 0.323 e. The van der Waals surface area contributed by atoms with Gasteiger partial charge >= 0.3 is 12.0 Å². The predicted octanol–water partition coefficient (Wildman–Crippen LogP) is 0.270. The summed E-state index contributed by atoms with van der Waals surface area (Å²) in [5.41, 5.74) is 6.37. The number of carbonyl (C=O) groups excluding carboxylic acids is 2. The van der Waals surface area contributed by atoms with Gasteiger partial charge in [-0.25, -0.2) is 4.79 Å². The number of anilines is 1. The molecule has 0 fully saturated rings. The molecular formula is C13H14N4O4. The highest BCUT2D eigenvalue weighted by Crippen LogP contribution is 2.17. The number of carbonyl (C=O) groups is 3. The molecule has 8 heteroatoms. The zero-order chi connectivity index (χ0) is 16.0. The Balaban J connectivity index is 2.93. The van der Waals surface area contributed by atoms with E-state index >= 15 is 0 Å². The molecule has 4 N–H and O–H groups in total. The molecule has 0 heterocycles. The number of aryl methyl sites for hydroxylation is 1. The number of urea groups is 1. The molecule has 0 unspecified atom stereocenters. The number of amides is 3. The summed E-state index contributed by atoms with van der Waals surface area (Å²) in [6.07, 6.45) is 0. The molecule has 0 bridgehead atoms. The van der Waals surface area contributed by atoms with Crippen LogP contribution in [0.3, 0.4) is 0 Å². The summed E-state index contributed by atoms with van der Waals surface area (Å²) in [6, 6.07) is 5.83. The van der Waals surface area contributed by atoms with Crippen molar-refractivity contribution in [2.45, 2.75) is 6.92 Å². The van der Waals surface area contributed by atoms with Gasteiger partial charge in [-0.05, 0) is 24.6 Å². The van der Waals surface area contributed by atoms with E-state index in [1.165, 1.54) is 6.07 Å². The van der Waals surface area contributed by atoms with Crippen molar-refractivity contribution in [3.05, 3.63) is 29.3 Å². The lowest BCUT2D eigenvalue weighted by Gasteiger charge is -2.20. The van der Waals surface area contributed by atoms with Gasteiger partial charge in [-0.3, -0.25) is 9.59 Å². The third-order valence-corrected chi connectivity index (χ3v) is 2.57. The lowest BCUT2D eigenvalue weighted by molar-refractivity contribution is -0.137. The number of nitrogens with zero attached hydrogens (tertiary/aromatic N) is 2. The molecule has 1 aromatic carbocycles. The van der Waals surface area contributed by atoms with Crippen LogP contribution in [0.2, 0.25) is 0 Å². The van der Waals surface area contributed by atoms with Gasteiger partial charge in [0.15, 0.2) is 0 Å². The molecule has 1 rings (SSSR count). The van der Waals surface area contributed by atoms with Gasteiger partial charge in [-0.15, -0.1) is 0 Å². The summed E-state index contributed by atoms with van der Waals surface area (Å²) in [6.45, 7) is 0.535. The minimum absolute atomic E-state index is 0.343. The normalized spacial score (nSPS) is 9.52. The Morgan fingerprint density at radius 3 is 2.57 bits per heavy atom. The van der Waals surface area contributed by atoms with Crippen LogP contribution in [-0.2, 0) is 9.59 Å². The first-order chi connectivity index (χ1) is 9.83. The number of rotatable bonds is 5. The second kappa shape index (κ2) is 6.91. The van der Waals surface area contributed by atoms with Crippen molar-refractivity contribution >= 4 is 23.6 Å². The number of benzene rings is 1. The van der Waals surface area contributed by atoms with Gasteiger partial charge in [-0.1, -0.05) is 6.07 Å². The van der Waals surface area contributed by atoms with E-state index < -0.39 is 31.0 Å². The van der Waals surface area contributed by atoms with E-state index in [2.05, 4.69) is 5.32 Å². The summed E-state index contributed by atoms with van der Waals surface area (Å²) in [7, 11) is 0. The predicted molar refractivity (Wildman–Crippen MR) is 73.3 cm³/mol. The number of primary amides is 1. The van der Waals surface area contributed by atoms with Gasteiger partial charge in [-0.2, -0.15) is 5.26 Å². The lowest BCUT2D eigenvalue weighted by Crippen LogP contribution is -2.43. The van der Waals surface area contributed by atoms with Gasteiger partial charge in [0.1, 0.15) is 13.1 Å². The second-order valence-corrected chi connectivity index (χ2v) is 4.29. The molecule has 0 aliphatic heterocycles. The van der Waals surface area contributed by atoms with Crippen molar-refractivity contribution in [2.24, 2.45) is 5.73 Å². The third kappa shape index (κ3) is 4.83. The maximum absolute atomic E-state index is 12.0. The summed E-state index contributed by atoms with van der Waals surface area (Å²) in [5.74, 6) is -2.09. The Bertz CT molecular complexity index is 605. The van der Waals surface area contributed by atoms with E-state index in [1.807, 2.05) is 6.07 Å². The van der Waals surface area contributed by atoms with Crippen molar-refractivity contribution in [2.75, 3.05) is 18.4 Å². The highest BCUT2D eigenvalue weighted by atomic mass is 16.4. The number of aliphatic carboxylic acids is 1. The third-order valence-electron chi connectivity index (χ3n) is 2.57. The van der Waals surface area contributed by atoms with Gasteiger partial charge < -0.3 is 21.1 Å². The van der Waals surface area contributed by atoms with Crippen molar-refractivity contribution in [1.29, 1.82) is 5.26 Å². The van der Waals surface area contributed by atoms with Crippen LogP contribution in [0.1, 0.15) is 11.1 Å². The number of nitriles is 1. The Hall–Kier alpha value is -3.08. The van der Waals surface area contributed by atoms with Crippen LogP contribution in [0, 0.1) is 18.3 Å². The number of hydrogen-bond donors (Lipinski definition) is 3. The van der Waals surface area contributed by atoms with Gasteiger partial charge in [0.25, 0.3) is 0 Å². The Morgan fingerprint density at radius 1 is 1.38 bits per heavy atom. The maximum atomic E-state index is 12.0. The highest BCUT2D eigenvalue weighted by Gasteiger charge is 2.19. The van der Waals surface area contributed by atoms with Gasteiger partial charge in [0, 0.05) is 5.69 Å². The highest BCUT2D eigenvalue weighted by molar-refractivity contribution is 5.94.